The first-order chi connectivity index (χ1) is 9.19. The van der Waals surface area contributed by atoms with Gasteiger partial charge in [-0.2, -0.15) is 0 Å². The average molecular weight is 261 g/mol. The summed E-state index contributed by atoms with van der Waals surface area (Å²) in [7, 11) is 0. The van der Waals surface area contributed by atoms with Crippen molar-refractivity contribution in [1.29, 1.82) is 0 Å². The SMILES string of the molecule is CCCNc1cnc(Cn2[nH]c(=O)ccc2=O)cn1. The van der Waals surface area contributed by atoms with Gasteiger partial charge >= 0.3 is 0 Å². The molecule has 0 saturated carbocycles. The van der Waals surface area contributed by atoms with Crippen LogP contribution in [0.5, 0.6) is 0 Å². The minimum Gasteiger partial charge on any atom is -0.369 e. The summed E-state index contributed by atoms with van der Waals surface area (Å²) in [5.74, 6) is 0.694. The van der Waals surface area contributed by atoms with Gasteiger partial charge in [-0.25, -0.2) is 9.67 Å². The Hall–Kier alpha value is -2.44. The lowest BCUT2D eigenvalue weighted by Crippen LogP contribution is -2.28. The van der Waals surface area contributed by atoms with Gasteiger partial charge in [-0.1, -0.05) is 6.92 Å². The first-order valence-electron chi connectivity index (χ1n) is 6.04. The molecule has 0 aliphatic heterocycles. The van der Waals surface area contributed by atoms with E-state index in [0.29, 0.717) is 11.5 Å². The highest BCUT2D eigenvalue weighted by atomic mass is 16.1. The molecule has 7 heteroatoms. The van der Waals surface area contributed by atoms with Crippen LogP contribution in [0.3, 0.4) is 0 Å². The number of rotatable bonds is 5. The van der Waals surface area contributed by atoms with Crippen LogP contribution in [-0.2, 0) is 6.54 Å². The zero-order valence-electron chi connectivity index (χ0n) is 10.6. The number of nitrogens with zero attached hydrogens (tertiary/aromatic N) is 3. The molecule has 0 fully saturated rings. The third-order valence-corrected chi connectivity index (χ3v) is 2.47. The molecule has 100 valence electrons. The number of anilines is 1. The van der Waals surface area contributed by atoms with E-state index in [4.69, 9.17) is 0 Å². The lowest BCUT2D eigenvalue weighted by molar-refractivity contribution is 0.615. The number of hydrogen-bond donors (Lipinski definition) is 2. The van der Waals surface area contributed by atoms with Crippen molar-refractivity contribution < 1.29 is 0 Å². The quantitative estimate of drug-likeness (QED) is 0.802. The van der Waals surface area contributed by atoms with Crippen LogP contribution in [-0.4, -0.2) is 26.3 Å². The predicted molar refractivity (Wildman–Crippen MR) is 71.2 cm³/mol. The maximum absolute atomic E-state index is 11.5. The van der Waals surface area contributed by atoms with Gasteiger partial charge < -0.3 is 5.32 Å². The topological polar surface area (TPSA) is 92.7 Å². The van der Waals surface area contributed by atoms with Gasteiger partial charge in [0.05, 0.1) is 24.6 Å². The zero-order valence-corrected chi connectivity index (χ0v) is 10.6. The smallest absolute Gasteiger partial charge is 0.265 e. The largest absolute Gasteiger partial charge is 0.369 e. The lowest BCUT2D eigenvalue weighted by Gasteiger charge is -2.06. The summed E-state index contributed by atoms with van der Waals surface area (Å²) in [6.45, 7) is 3.09. The fourth-order valence-electron chi connectivity index (χ4n) is 1.52. The summed E-state index contributed by atoms with van der Waals surface area (Å²) < 4.78 is 1.20. The molecule has 7 nitrogen and oxygen atoms in total. The first kappa shape index (κ1) is 13.0. The molecule has 0 aliphatic rings. The minimum absolute atomic E-state index is 0.190. The average Bonchev–Trinajstić information content (AvgIpc) is 2.42. The second-order valence-electron chi connectivity index (χ2n) is 4.05. The summed E-state index contributed by atoms with van der Waals surface area (Å²) in [6.07, 6.45) is 4.19. The number of aromatic amines is 1. The molecule has 0 aliphatic carbocycles. The van der Waals surface area contributed by atoms with Gasteiger partial charge in [-0.15, -0.1) is 0 Å². The van der Waals surface area contributed by atoms with E-state index < -0.39 is 0 Å². The van der Waals surface area contributed by atoms with E-state index in [1.165, 1.54) is 16.8 Å². The fourth-order valence-corrected chi connectivity index (χ4v) is 1.52. The second-order valence-corrected chi connectivity index (χ2v) is 4.05. The van der Waals surface area contributed by atoms with Crippen molar-refractivity contribution in [2.45, 2.75) is 19.9 Å². The Balaban J connectivity index is 2.13. The van der Waals surface area contributed by atoms with Crippen LogP contribution in [0, 0.1) is 0 Å². The van der Waals surface area contributed by atoms with Crippen molar-refractivity contribution in [1.82, 2.24) is 19.7 Å². The Morgan fingerprint density at radius 3 is 2.79 bits per heavy atom. The van der Waals surface area contributed by atoms with Gasteiger partial charge in [0.25, 0.3) is 11.1 Å². The van der Waals surface area contributed by atoms with Crippen molar-refractivity contribution in [3.8, 4) is 0 Å². The van der Waals surface area contributed by atoms with E-state index in [1.807, 2.05) is 0 Å². The van der Waals surface area contributed by atoms with Crippen LogP contribution in [0.2, 0.25) is 0 Å². The maximum Gasteiger partial charge on any atom is 0.265 e. The predicted octanol–water partition coefficient (Wildman–Crippen LogP) is 0.197. The van der Waals surface area contributed by atoms with Crippen molar-refractivity contribution in [3.05, 3.63) is 50.9 Å². The molecule has 2 aromatic rings. The Bertz CT molecular complexity index is 644. The summed E-state index contributed by atoms with van der Waals surface area (Å²) in [5, 5.41) is 5.54. The lowest BCUT2D eigenvalue weighted by atomic mass is 10.4. The molecule has 0 spiro atoms. The van der Waals surface area contributed by atoms with E-state index in [-0.39, 0.29) is 17.7 Å². The molecule has 2 rings (SSSR count). The van der Waals surface area contributed by atoms with Crippen LogP contribution in [0.15, 0.2) is 34.1 Å². The minimum atomic E-state index is -0.325. The fraction of sp³-hybridized carbons (Fsp3) is 0.333. The molecule has 0 amide bonds. The molecule has 2 aromatic heterocycles. The molecule has 0 aromatic carbocycles. The van der Waals surface area contributed by atoms with Crippen LogP contribution in [0.1, 0.15) is 19.0 Å². The summed E-state index contributed by atoms with van der Waals surface area (Å²) in [6, 6.07) is 2.42. The summed E-state index contributed by atoms with van der Waals surface area (Å²) in [4.78, 5) is 31.0. The Labute approximate surface area is 109 Å². The van der Waals surface area contributed by atoms with Gasteiger partial charge in [-0.3, -0.25) is 19.7 Å². The van der Waals surface area contributed by atoms with E-state index in [0.717, 1.165) is 13.0 Å². The molecule has 0 unspecified atom stereocenters. The molecule has 0 bridgehead atoms. The van der Waals surface area contributed by atoms with Crippen LogP contribution < -0.4 is 16.4 Å². The maximum atomic E-state index is 11.5. The molecular formula is C12H15N5O2. The molecule has 2 N–H and O–H groups in total. The molecule has 0 saturated heterocycles. The highest BCUT2D eigenvalue weighted by molar-refractivity contribution is 5.30. The summed E-state index contributed by atoms with van der Waals surface area (Å²) in [5.41, 5.74) is -0.00521. The highest BCUT2D eigenvalue weighted by Gasteiger charge is 2.01. The van der Waals surface area contributed by atoms with Crippen molar-refractivity contribution in [2.24, 2.45) is 0 Å². The normalized spacial score (nSPS) is 10.4. The summed E-state index contributed by atoms with van der Waals surface area (Å²) >= 11 is 0. The van der Waals surface area contributed by atoms with E-state index in [9.17, 15) is 9.59 Å². The van der Waals surface area contributed by atoms with Crippen LogP contribution >= 0.6 is 0 Å². The third-order valence-electron chi connectivity index (χ3n) is 2.47. The first-order valence-corrected chi connectivity index (χ1v) is 6.04. The number of H-pyrrole nitrogens is 1. The molecule has 0 atom stereocenters. The van der Waals surface area contributed by atoms with Crippen molar-refractivity contribution in [2.75, 3.05) is 11.9 Å². The highest BCUT2D eigenvalue weighted by Crippen LogP contribution is 2.01. The molecule has 2 heterocycles. The number of hydrogen-bond acceptors (Lipinski definition) is 5. The molecular weight excluding hydrogens is 246 g/mol. The Kier molecular flexibility index (Phi) is 4.07. The number of nitrogens with one attached hydrogen (secondary N) is 2. The monoisotopic (exact) mass is 261 g/mol. The van der Waals surface area contributed by atoms with E-state index in [1.54, 1.807) is 12.4 Å². The Morgan fingerprint density at radius 2 is 2.11 bits per heavy atom. The standard InChI is InChI=1S/C12H15N5O2/c1-2-5-13-10-7-14-9(6-15-10)8-17-12(19)4-3-11(18)16-17/h3-4,6-7H,2,5,8H2,1H3,(H,13,15)(H,16,18). The van der Waals surface area contributed by atoms with Crippen LogP contribution in [0.25, 0.3) is 0 Å². The molecule has 0 radical (unpaired) electrons. The van der Waals surface area contributed by atoms with Crippen LogP contribution in [0.4, 0.5) is 5.82 Å². The van der Waals surface area contributed by atoms with Gasteiger partial charge in [0.15, 0.2) is 0 Å². The number of aromatic nitrogens is 4. The van der Waals surface area contributed by atoms with E-state index in [2.05, 4.69) is 27.3 Å². The van der Waals surface area contributed by atoms with Gasteiger partial charge in [-0.05, 0) is 6.42 Å². The second kappa shape index (κ2) is 5.94. The molecule has 19 heavy (non-hydrogen) atoms. The van der Waals surface area contributed by atoms with Crippen molar-refractivity contribution in [3.63, 3.8) is 0 Å². The van der Waals surface area contributed by atoms with Gasteiger partial charge in [0.1, 0.15) is 5.82 Å². The third kappa shape index (κ3) is 3.51. The van der Waals surface area contributed by atoms with Gasteiger partial charge in [0, 0.05) is 18.7 Å². The zero-order chi connectivity index (χ0) is 13.7. The van der Waals surface area contributed by atoms with E-state index >= 15 is 0 Å². The van der Waals surface area contributed by atoms with Gasteiger partial charge in [0.2, 0.25) is 0 Å². The Morgan fingerprint density at radius 1 is 1.26 bits per heavy atom. The van der Waals surface area contributed by atoms with Crippen molar-refractivity contribution >= 4 is 5.82 Å².